The quantitative estimate of drug-likeness (QED) is 0.649. The van der Waals surface area contributed by atoms with E-state index in [4.69, 9.17) is 0 Å². The van der Waals surface area contributed by atoms with Crippen LogP contribution in [0.1, 0.15) is 33.1 Å². The minimum absolute atomic E-state index is 0.205. The van der Waals surface area contributed by atoms with E-state index in [2.05, 4.69) is 5.32 Å². The van der Waals surface area contributed by atoms with Crippen LogP contribution in [0.15, 0.2) is 0 Å². The topological polar surface area (TPSA) is 29.1 Å². The summed E-state index contributed by atoms with van der Waals surface area (Å²) >= 11 is 0. The number of carbonyl (C=O) groups is 1. The van der Waals surface area contributed by atoms with Crippen molar-refractivity contribution in [3.8, 4) is 0 Å². The lowest BCUT2D eigenvalue weighted by Gasteiger charge is -2.03. The van der Waals surface area contributed by atoms with Crippen molar-refractivity contribution < 1.29 is 4.79 Å². The summed E-state index contributed by atoms with van der Waals surface area (Å²) in [4.78, 5) is 11.1. The Morgan fingerprint density at radius 2 is 2.18 bits per heavy atom. The summed E-state index contributed by atoms with van der Waals surface area (Å²) in [7, 11) is 0. The van der Waals surface area contributed by atoms with Crippen LogP contribution >= 0.6 is 0 Å². The first kappa shape index (κ1) is 8.72. The number of Topliss-reactive ketones (excluding diaryl/α,β-unsaturated/α-hetero) is 1. The van der Waals surface area contributed by atoms with E-state index >= 15 is 0 Å². The van der Waals surface area contributed by atoms with Crippen LogP contribution in [0.25, 0.3) is 0 Å². The van der Waals surface area contributed by atoms with Crippen LogP contribution in [-0.2, 0) is 4.79 Å². The smallest absolute Gasteiger partial charge is 0.136 e. The normalized spacial score (nSPS) is 17.4. The van der Waals surface area contributed by atoms with E-state index < -0.39 is 0 Å². The van der Waals surface area contributed by atoms with Gasteiger partial charge in [0.15, 0.2) is 0 Å². The van der Waals surface area contributed by atoms with Gasteiger partial charge in [0.25, 0.3) is 0 Å². The van der Waals surface area contributed by atoms with Crippen molar-refractivity contribution in [1.29, 1.82) is 0 Å². The summed E-state index contributed by atoms with van der Waals surface area (Å²) in [5.74, 6) is 0.578. The number of nitrogens with one attached hydrogen (secondary N) is 1. The Kier molecular flexibility index (Phi) is 3.06. The summed E-state index contributed by atoms with van der Waals surface area (Å²) in [5, 5.41) is 3.32. The van der Waals surface area contributed by atoms with Crippen molar-refractivity contribution in [3.05, 3.63) is 0 Å². The maximum Gasteiger partial charge on any atom is 0.136 e. The molecule has 2 nitrogen and oxygen atoms in total. The lowest BCUT2D eigenvalue weighted by molar-refractivity contribution is -0.121. The van der Waals surface area contributed by atoms with Gasteiger partial charge in [-0.15, -0.1) is 0 Å². The number of carbonyl (C=O) groups excluding carboxylic acids is 1. The highest BCUT2D eigenvalue weighted by Crippen LogP contribution is 2.18. The van der Waals surface area contributed by atoms with E-state index in [1.165, 1.54) is 12.8 Å². The van der Waals surface area contributed by atoms with Crippen molar-refractivity contribution in [2.75, 3.05) is 6.54 Å². The summed E-state index contributed by atoms with van der Waals surface area (Å²) in [6.07, 6.45) is 3.31. The molecule has 2 heteroatoms. The molecule has 1 N–H and O–H groups in total. The van der Waals surface area contributed by atoms with Crippen LogP contribution in [0.3, 0.4) is 0 Å². The van der Waals surface area contributed by atoms with Gasteiger partial charge in [-0.2, -0.15) is 0 Å². The van der Waals surface area contributed by atoms with Crippen LogP contribution in [0.4, 0.5) is 0 Å². The molecule has 11 heavy (non-hydrogen) atoms. The molecule has 64 valence electrons. The Balaban J connectivity index is 1.96. The zero-order valence-electron chi connectivity index (χ0n) is 7.39. The molecule has 0 aromatic carbocycles. The molecule has 1 fully saturated rings. The van der Waals surface area contributed by atoms with Crippen molar-refractivity contribution >= 4 is 5.78 Å². The molecule has 0 spiro atoms. The fourth-order valence-corrected chi connectivity index (χ4v) is 0.976. The number of hydrogen-bond donors (Lipinski definition) is 1. The SMILES string of the molecule is CC(C)C(=O)CCNC1CC1. The maximum absolute atomic E-state index is 11.1. The lowest BCUT2D eigenvalue weighted by atomic mass is 10.1. The number of hydrogen-bond acceptors (Lipinski definition) is 2. The molecule has 1 rings (SSSR count). The summed E-state index contributed by atoms with van der Waals surface area (Å²) in [5.41, 5.74) is 0. The van der Waals surface area contributed by atoms with Crippen molar-refractivity contribution in [2.45, 2.75) is 39.2 Å². The molecule has 0 amide bonds. The van der Waals surface area contributed by atoms with Gasteiger partial charge in [-0.1, -0.05) is 13.8 Å². The highest BCUT2D eigenvalue weighted by atomic mass is 16.1. The fraction of sp³-hybridized carbons (Fsp3) is 0.889. The van der Waals surface area contributed by atoms with Crippen molar-refractivity contribution in [1.82, 2.24) is 5.32 Å². The first-order valence-corrected chi connectivity index (χ1v) is 4.46. The van der Waals surface area contributed by atoms with Gasteiger partial charge < -0.3 is 5.32 Å². The van der Waals surface area contributed by atoms with E-state index in [1.807, 2.05) is 13.8 Å². The van der Waals surface area contributed by atoms with Crippen molar-refractivity contribution in [3.63, 3.8) is 0 Å². The average Bonchev–Trinajstić information content (AvgIpc) is 2.71. The van der Waals surface area contributed by atoms with E-state index in [1.54, 1.807) is 0 Å². The molecule has 1 aliphatic rings. The molecule has 1 saturated carbocycles. The van der Waals surface area contributed by atoms with Gasteiger partial charge in [0.2, 0.25) is 0 Å². The predicted octanol–water partition coefficient (Wildman–Crippen LogP) is 1.35. The highest BCUT2D eigenvalue weighted by molar-refractivity contribution is 5.80. The molecular weight excluding hydrogens is 138 g/mol. The van der Waals surface area contributed by atoms with Crippen LogP contribution in [-0.4, -0.2) is 18.4 Å². The molecule has 0 aliphatic heterocycles. The third kappa shape index (κ3) is 3.51. The molecule has 0 aromatic heterocycles. The molecule has 0 unspecified atom stereocenters. The summed E-state index contributed by atoms with van der Waals surface area (Å²) in [6, 6.07) is 0.731. The summed E-state index contributed by atoms with van der Waals surface area (Å²) in [6.45, 7) is 4.79. The Morgan fingerprint density at radius 1 is 1.55 bits per heavy atom. The van der Waals surface area contributed by atoms with Gasteiger partial charge in [-0.3, -0.25) is 4.79 Å². The van der Waals surface area contributed by atoms with Gasteiger partial charge in [0.1, 0.15) is 5.78 Å². The minimum Gasteiger partial charge on any atom is -0.314 e. The molecule has 0 aromatic rings. The van der Waals surface area contributed by atoms with E-state index in [0.717, 1.165) is 12.6 Å². The second-order valence-electron chi connectivity index (χ2n) is 3.60. The maximum atomic E-state index is 11.1. The zero-order chi connectivity index (χ0) is 8.27. The molecule has 0 saturated heterocycles. The molecule has 0 radical (unpaired) electrons. The van der Waals surface area contributed by atoms with Gasteiger partial charge in [-0.25, -0.2) is 0 Å². The van der Waals surface area contributed by atoms with Gasteiger partial charge in [0.05, 0.1) is 0 Å². The zero-order valence-corrected chi connectivity index (χ0v) is 7.39. The van der Waals surface area contributed by atoms with Gasteiger partial charge in [-0.05, 0) is 12.8 Å². The second kappa shape index (κ2) is 3.86. The minimum atomic E-state index is 0.205. The van der Waals surface area contributed by atoms with E-state index in [-0.39, 0.29) is 5.92 Å². The van der Waals surface area contributed by atoms with Crippen LogP contribution < -0.4 is 5.32 Å². The molecule has 0 heterocycles. The Labute approximate surface area is 68.4 Å². The van der Waals surface area contributed by atoms with Gasteiger partial charge >= 0.3 is 0 Å². The highest BCUT2D eigenvalue weighted by Gasteiger charge is 2.20. The lowest BCUT2D eigenvalue weighted by Crippen LogP contribution is -2.21. The monoisotopic (exact) mass is 155 g/mol. The largest absolute Gasteiger partial charge is 0.314 e. The van der Waals surface area contributed by atoms with Crippen molar-refractivity contribution in [2.24, 2.45) is 5.92 Å². The number of rotatable bonds is 5. The third-order valence-corrected chi connectivity index (χ3v) is 2.03. The first-order chi connectivity index (χ1) is 5.20. The number of ketones is 1. The first-order valence-electron chi connectivity index (χ1n) is 4.46. The summed E-state index contributed by atoms with van der Waals surface area (Å²) < 4.78 is 0. The standard InChI is InChI=1S/C9H17NO/c1-7(2)9(11)5-6-10-8-3-4-8/h7-8,10H,3-6H2,1-2H3. The Hall–Kier alpha value is -0.370. The molecule has 1 aliphatic carbocycles. The predicted molar refractivity (Wildman–Crippen MR) is 45.5 cm³/mol. The molecular formula is C9H17NO. The van der Waals surface area contributed by atoms with E-state index in [0.29, 0.717) is 12.2 Å². The van der Waals surface area contributed by atoms with Crippen LogP contribution in [0.5, 0.6) is 0 Å². The molecule has 0 bridgehead atoms. The van der Waals surface area contributed by atoms with Gasteiger partial charge in [0, 0.05) is 24.9 Å². The average molecular weight is 155 g/mol. The molecule has 0 atom stereocenters. The fourth-order valence-electron chi connectivity index (χ4n) is 0.976. The Bertz CT molecular complexity index is 138. The van der Waals surface area contributed by atoms with Crippen LogP contribution in [0, 0.1) is 5.92 Å². The third-order valence-electron chi connectivity index (χ3n) is 2.03. The van der Waals surface area contributed by atoms with E-state index in [9.17, 15) is 4.79 Å². The Morgan fingerprint density at radius 3 is 2.64 bits per heavy atom. The van der Waals surface area contributed by atoms with Crippen LogP contribution in [0.2, 0.25) is 0 Å². The second-order valence-corrected chi connectivity index (χ2v) is 3.60.